The third-order valence-electron chi connectivity index (χ3n) is 4.24. The molecule has 0 bridgehead atoms. The van der Waals surface area contributed by atoms with Crippen LogP contribution < -0.4 is 15.4 Å². The number of ether oxygens (including phenoxy) is 1. The Morgan fingerprint density at radius 2 is 1.96 bits per heavy atom. The van der Waals surface area contributed by atoms with Crippen molar-refractivity contribution in [2.24, 2.45) is 0 Å². The van der Waals surface area contributed by atoms with E-state index in [1.807, 2.05) is 48.9 Å². The van der Waals surface area contributed by atoms with Crippen LogP contribution in [0.15, 0.2) is 36.4 Å². The number of benzene rings is 1. The third kappa shape index (κ3) is 6.57. The summed E-state index contributed by atoms with van der Waals surface area (Å²) in [6.45, 7) is 6.90. The highest BCUT2D eigenvalue weighted by atomic mass is 16.5. The van der Waals surface area contributed by atoms with Crippen molar-refractivity contribution in [1.82, 2.24) is 20.4 Å². The zero-order valence-electron chi connectivity index (χ0n) is 16.9. The van der Waals surface area contributed by atoms with Crippen LogP contribution in [0.1, 0.15) is 30.3 Å². The molecular weight excluding hydrogens is 356 g/mol. The maximum absolute atomic E-state index is 12.1. The second kappa shape index (κ2) is 10.3. The van der Waals surface area contributed by atoms with Gasteiger partial charge in [0.1, 0.15) is 11.8 Å². The number of hydrogen-bond acceptors (Lipinski definition) is 4. The first-order valence-electron chi connectivity index (χ1n) is 9.30. The van der Waals surface area contributed by atoms with Crippen LogP contribution in [0.2, 0.25) is 0 Å². The SMILES string of the molecule is COc1ccc(C=CC(=O)NC(C)C(=O)NCCCn2nc(C)cc2C)cc1. The summed E-state index contributed by atoms with van der Waals surface area (Å²) in [5.41, 5.74) is 2.96. The Bertz CT molecular complexity index is 825. The number of carbonyl (C=O) groups is 2. The quantitative estimate of drug-likeness (QED) is 0.513. The Balaban J connectivity index is 1.70. The fraction of sp³-hybridized carbons (Fsp3) is 0.381. The molecule has 1 heterocycles. The van der Waals surface area contributed by atoms with Crippen molar-refractivity contribution < 1.29 is 14.3 Å². The molecule has 2 aromatic rings. The van der Waals surface area contributed by atoms with Crippen molar-refractivity contribution in [1.29, 1.82) is 0 Å². The van der Waals surface area contributed by atoms with Gasteiger partial charge >= 0.3 is 0 Å². The van der Waals surface area contributed by atoms with Crippen LogP contribution in [-0.4, -0.2) is 41.3 Å². The molecule has 1 atom stereocenters. The number of hydrogen-bond donors (Lipinski definition) is 2. The van der Waals surface area contributed by atoms with Crippen LogP contribution in [0.3, 0.4) is 0 Å². The minimum Gasteiger partial charge on any atom is -0.497 e. The summed E-state index contributed by atoms with van der Waals surface area (Å²) in [7, 11) is 1.60. The van der Waals surface area contributed by atoms with Gasteiger partial charge in [-0.15, -0.1) is 0 Å². The first kappa shape index (κ1) is 21.2. The number of nitrogens with zero attached hydrogens (tertiary/aromatic N) is 2. The van der Waals surface area contributed by atoms with E-state index in [2.05, 4.69) is 15.7 Å². The predicted octanol–water partition coefficient (Wildman–Crippen LogP) is 2.23. The van der Waals surface area contributed by atoms with Crippen molar-refractivity contribution in [2.45, 2.75) is 39.8 Å². The number of aryl methyl sites for hydroxylation is 3. The van der Waals surface area contributed by atoms with Crippen LogP contribution in [-0.2, 0) is 16.1 Å². The third-order valence-corrected chi connectivity index (χ3v) is 4.24. The highest BCUT2D eigenvalue weighted by molar-refractivity contribution is 5.95. The molecule has 1 aromatic heterocycles. The van der Waals surface area contributed by atoms with E-state index in [0.717, 1.165) is 35.7 Å². The van der Waals surface area contributed by atoms with Gasteiger partial charge in [0.15, 0.2) is 0 Å². The minimum atomic E-state index is -0.610. The molecule has 2 N–H and O–H groups in total. The number of carbonyl (C=O) groups excluding carboxylic acids is 2. The molecule has 2 amide bonds. The first-order chi connectivity index (χ1) is 13.4. The standard InChI is InChI=1S/C21H28N4O3/c1-15-14-16(2)25(24-15)13-5-12-22-21(27)17(3)23-20(26)11-8-18-6-9-19(28-4)10-7-18/h6-11,14,17H,5,12-13H2,1-4H3,(H,22,27)(H,23,26). The zero-order valence-corrected chi connectivity index (χ0v) is 16.9. The molecular formula is C21H28N4O3. The second-order valence-corrected chi connectivity index (χ2v) is 6.63. The van der Waals surface area contributed by atoms with Crippen molar-refractivity contribution in [3.63, 3.8) is 0 Å². The second-order valence-electron chi connectivity index (χ2n) is 6.63. The molecule has 150 valence electrons. The van der Waals surface area contributed by atoms with E-state index in [0.29, 0.717) is 6.54 Å². The minimum absolute atomic E-state index is 0.209. The van der Waals surface area contributed by atoms with Crippen molar-refractivity contribution in [2.75, 3.05) is 13.7 Å². The van der Waals surface area contributed by atoms with Gasteiger partial charge in [-0.2, -0.15) is 5.10 Å². The molecule has 7 heteroatoms. The topological polar surface area (TPSA) is 85.2 Å². The summed E-state index contributed by atoms with van der Waals surface area (Å²) in [5.74, 6) is 0.227. The number of amides is 2. The van der Waals surface area contributed by atoms with Gasteiger partial charge in [0.25, 0.3) is 0 Å². The average Bonchev–Trinajstić information content (AvgIpc) is 3.00. The molecule has 28 heavy (non-hydrogen) atoms. The zero-order chi connectivity index (χ0) is 20.5. The summed E-state index contributed by atoms with van der Waals surface area (Å²) in [5, 5.41) is 9.89. The van der Waals surface area contributed by atoms with Gasteiger partial charge in [-0.25, -0.2) is 0 Å². The Kier molecular flexibility index (Phi) is 7.80. The average molecular weight is 384 g/mol. The van der Waals surface area contributed by atoms with Crippen molar-refractivity contribution in [3.05, 3.63) is 53.4 Å². The van der Waals surface area contributed by atoms with Gasteiger partial charge in [-0.3, -0.25) is 14.3 Å². The van der Waals surface area contributed by atoms with E-state index >= 15 is 0 Å². The normalized spacial score (nSPS) is 12.0. The lowest BCUT2D eigenvalue weighted by Crippen LogP contribution is -2.44. The molecule has 0 aliphatic carbocycles. The summed E-state index contributed by atoms with van der Waals surface area (Å²) >= 11 is 0. The van der Waals surface area contributed by atoms with Crippen LogP contribution in [0.4, 0.5) is 0 Å². The Hall–Kier alpha value is -3.09. The number of nitrogens with one attached hydrogen (secondary N) is 2. The van der Waals surface area contributed by atoms with E-state index < -0.39 is 6.04 Å². The summed E-state index contributed by atoms with van der Waals surface area (Å²) in [6.07, 6.45) is 3.87. The Labute approximate surface area is 165 Å². The molecule has 1 aromatic carbocycles. The molecule has 1 unspecified atom stereocenters. The lowest BCUT2D eigenvalue weighted by molar-refractivity contribution is -0.126. The summed E-state index contributed by atoms with van der Waals surface area (Å²) < 4.78 is 7.02. The lowest BCUT2D eigenvalue weighted by Gasteiger charge is -2.13. The van der Waals surface area contributed by atoms with Crippen LogP contribution >= 0.6 is 0 Å². The van der Waals surface area contributed by atoms with Gasteiger partial charge in [0, 0.05) is 24.9 Å². The van der Waals surface area contributed by atoms with E-state index in [4.69, 9.17) is 4.74 Å². The fourth-order valence-electron chi connectivity index (χ4n) is 2.71. The highest BCUT2D eigenvalue weighted by Crippen LogP contribution is 2.12. The van der Waals surface area contributed by atoms with E-state index in [1.54, 1.807) is 20.1 Å². The Morgan fingerprint density at radius 1 is 1.25 bits per heavy atom. The maximum atomic E-state index is 12.1. The summed E-state index contributed by atoms with van der Waals surface area (Å²) in [6, 6.07) is 8.75. The largest absolute Gasteiger partial charge is 0.497 e. The van der Waals surface area contributed by atoms with Crippen LogP contribution in [0.5, 0.6) is 5.75 Å². The van der Waals surface area contributed by atoms with Crippen molar-refractivity contribution in [3.8, 4) is 5.75 Å². The highest BCUT2D eigenvalue weighted by Gasteiger charge is 2.13. The number of aromatic nitrogens is 2. The van der Waals surface area contributed by atoms with E-state index in [1.165, 1.54) is 6.08 Å². The fourth-order valence-corrected chi connectivity index (χ4v) is 2.71. The van der Waals surface area contributed by atoms with Gasteiger partial charge in [-0.05, 0) is 57.0 Å². The maximum Gasteiger partial charge on any atom is 0.244 e. The molecule has 0 fully saturated rings. The number of methoxy groups -OCH3 is 1. The van der Waals surface area contributed by atoms with E-state index in [9.17, 15) is 9.59 Å². The first-order valence-corrected chi connectivity index (χ1v) is 9.30. The Morgan fingerprint density at radius 3 is 2.57 bits per heavy atom. The molecule has 0 saturated heterocycles. The van der Waals surface area contributed by atoms with E-state index in [-0.39, 0.29) is 11.8 Å². The van der Waals surface area contributed by atoms with Gasteiger partial charge in [-0.1, -0.05) is 12.1 Å². The molecule has 0 spiro atoms. The molecule has 0 aliphatic rings. The van der Waals surface area contributed by atoms with Gasteiger partial charge in [0.05, 0.1) is 12.8 Å². The molecule has 2 rings (SSSR count). The van der Waals surface area contributed by atoms with Gasteiger partial charge in [0.2, 0.25) is 11.8 Å². The lowest BCUT2D eigenvalue weighted by atomic mass is 10.2. The smallest absolute Gasteiger partial charge is 0.244 e. The van der Waals surface area contributed by atoms with Crippen molar-refractivity contribution >= 4 is 17.9 Å². The number of rotatable bonds is 9. The predicted molar refractivity (Wildman–Crippen MR) is 109 cm³/mol. The van der Waals surface area contributed by atoms with Gasteiger partial charge < -0.3 is 15.4 Å². The molecule has 0 radical (unpaired) electrons. The van der Waals surface area contributed by atoms with Crippen LogP contribution in [0, 0.1) is 13.8 Å². The molecule has 7 nitrogen and oxygen atoms in total. The summed E-state index contributed by atoms with van der Waals surface area (Å²) in [4.78, 5) is 24.1. The van der Waals surface area contributed by atoms with Crippen LogP contribution in [0.25, 0.3) is 6.08 Å². The monoisotopic (exact) mass is 384 g/mol. The molecule has 0 aliphatic heterocycles. The molecule has 0 saturated carbocycles.